The highest BCUT2D eigenvalue weighted by molar-refractivity contribution is 5.61. The van der Waals surface area contributed by atoms with Crippen LogP contribution < -0.4 is 5.73 Å². The van der Waals surface area contributed by atoms with E-state index in [1.54, 1.807) is 13.4 Å². The molecular weight excluding hydrogens is 166 g/mol. The highest BCUT2D eigenvalue weighted by Gasteiger charge is 2.08. The van der Waals surface area contributed by atoms with Crippen LogP contribution in [0.1, 0.15) is 17.7 Å². The summed E-state index contributed by atoms with van der Waals surface area (Å²) in [6.07, 6.45) is 2.40. The van der Waals surface area contributed by atoms with E-state index in [0.717, 1.165) is 23.3 Å². The lowest BCUT2D eigenvalue weighted by Crippen LogP contribution is -2.00. The highest BCUT2D eigenvalue weighted by atomic mass is 16.5. The van der Waals surface area contributed by atoms with Crippen LogP contribution in [0.15, 0.2) is 23.3 Å². The molecule has 0 saturated heterocycles. The van der Waals surface area contributed by atoms with Gasteiger partial charge in [-0.3, -0.25) is 0 Å². The maximum Gasteiger partial charge on any atom is 0.134 e. The van der Waals surface area contributed by atoms with Crippen LogP contribution in [0.5, 0.6) is 0 Å². The van der Waals surface area contributed by atoms with Crippen molar-refractivity contribution in [2.75, 3.05) is 13.7 Å². The number of rotatable bonds is 5. The molecule has 3 nitrogen and oxygen atoms in total. The summed E-state index contributed by atoms with van der Waals surface area (Å²) in [6, 6.07) is 1.89. The Balaban J connectivity index is 2.74. The van der Waals surface area contributed by atoms with Gasteiger partial charge in [-0.25, -0.2) is 0 Å². The van der Waals surface area contributed by atoms with Crippen LogP contribution >= 0.6 is 0 Å². The molecule has 0 aliphatic rings. The van der Waals surface area contributed by atoms with E-state index in [2.05, 4.69) is 6.58 Å². The van der Waals surface area contributed by atoms with Crippen molar-refractivity contribution in [1.82, 2.24) is 0 Å². The van der Waals surface area contributed by atoms with Crippen molar-refractivity contribution in [3.8, 4) is 0 Å². The summed E-state index contributed by atoms with van der Waals surface area (Å²) in [4.78, 5) is 0. The lowest BCUT2D eigenvalue weighted by Gasteiger charge is -2.03. The summed E-state index contributed by atoms with van der Waals surface area (Å²) in [6.45, 7) is 5.04. The van der Waals surface area contributed by atoms with Gasteiger partial charge in [0.05, 0.1) is 12.9 Å². The molecule has 1 aromatic heterocycles. The molecule has 0 saturated carbocycles. The topological polar surface area (TPSA) is 48.4 Å². The third-order valence-electron chi connectivity index (χ3n) is 1.81. The molecule has 0 unspecified atom stereocenters. The molecule has 3 heteroatoms. The van der Waals surface area contributed by atoms with Gasteiger partial charge in [0.25, 0.3) is 0 Å². The fourth-order valence-electron chi connectivity index (χ4n) is 1.20. The van der Waals surface area contributed by atoms with E-state index in [-0.39, 0.29) is 0 Å². The van der Waals surface area contributed by atoms with E-state index in [4.69, 9.17) is 14.9 Å². The third kappa shape index (κ3) is 2.44. The fraction of sp³-hybridized carbons (Fsp3) is 0.400. The normalized spacial score (nSPS) is 10.3. The zero-order chi connectivity index (χ0) is 9.68. The molecule has 0 spiro atoms. The molecule has 0 radical (unpaired) electrons. The molecule has 72 valence electrons. The second-order valence-corrected chi connectivity index (χ2v) is 2.85. The Morgan fingerprint density at radius 2 is 2.46 bits per heavy atom. The minimum atomic E-state index is 0.551. The Bertz CT molecular complexity index is 278. The van der Waals surface area contributed by atoms with Crippen molar-refractivity contribution in [1.29, 1.82) is 0 Å². The molecule has 1 rings (SSSR count). The van der Waals surface area contributed by atoms with Gasteiger partial charge in [0, 0.05) is 12.7 Å². The highest BCUT2D eigenvalue weighted by Crippen LogP contribution is 2.21. The minimum Gasteiger partial charge on any atom is -0.464 e. The molecule has 1 heterocycles. The molecule has 0 amide bonds. The Labute approximate surface area is 78.2 Å². The van der Waals surface area contributed by atoms with Crippen molar-refractivity contribution < 1.29 is 9.15 Å². The minimum absolute atomic E-state index is 0.551. The van der Waals surface area contributed by atoms with Gasteiger partial charge in [0.15, 0.2) is 0 Å². The first-order valence-corrected chi connectivity index (χ1v) is 4.23. The van der Waals surface area contributed by atoms with Gasteiger partial charge in [-0.05, 0) is 24.6 Å². The summed E-state index contributed by atoms with van der Waals surface area (Å²) >= 11 is 0. The van der Waals surface area contributed by atoms with Crippen molar-refractivity contribution in [3.05, 3.63) is 30.2 Å². The number of methoxy groups -OCH3 is 1. The lowest BCUT2D eigenvalue weighted by atomic mass is 10.1. The van der Waals surface area contributed by atoms with Crippen LogP contribution in [-0.4, -0.2) is 13.7 Å². The quantitative estimate of drug-likeness (QED) is 0.753. The van der Waals surface area contributed by atoms with Crippen LogP contribution in [0, 0.1) is 0 Å². The Morgan fingerprint density at radius 1 is 1.69 bits per heavy atom. The van der Waals surface area contributed by atoms with E-state index in [1.165, 1.54) is 0 Å². The van der Waals surface area contributed by atoms with Crippen molar-refractivity contribution in [2.24, 2.45) is 5.73 Å². The maximum absolute atomic E-state index is 5.43. The van der Waals surface area contributed by atoms with Gasteiger partial charge in [-0.1, -0.05) is 6.58 Å². The summed E-state index contributed by atoms with van der Waals surface area (Å²) in [5.74, 6) is 0.812. The maximum atomic E-state index is 5.43. The van der Waals surface area contributed by atoms with Crippen molar-refractivity contribution in [3.63, 3.8) is 0 Å². The standard InChI is InChI=1S/C10H15NO2/c1-8(3-5-11)10-9(7-12-2)4-6-13-10/h4,6H,1,3,5,7,11H2,2H3. The van der Waals surface area contributed by atoms with Crippen molar-refractivity contribution in [2.45, 2.75) is 13.0 Å². The molecule has 2 N–H and O–H groups in total. The Morgan fingerprint density at radius 3 is 3.08 bits per heavy atom. The summed E-state index contributed by atoms with van der Waals surface area (Å²) in [5.41, 5.74) is 7.38. The SMILES string of the molecule is C=C(CCN)c1occc1COC. The van der Waals surface area contributed by atoms with Gasteiger partial charge < -0.3 is 14.9 Å². The average molecular weight is 181 g/mol. The second kappa shape index (κ2) is 4.84. The van der Waals surface area contributed by atoms with E-state index >= 15 is 0 Å². The Kier molecular flexibility index (Phi) is 3.73. The van der Waals surface area contributed by atoms with Gasteiger partial charge >= 0.3 is 0 Å². The van der Waals surface area contributed by atoms with Gasteiger partial charge in [-0.15, -0.1) is 0 Å². The van der Waals surface area contributed by atoms with E-state index in [0.29, 0.717) is 13.2 Å². The van der Waals surface area contributed by atoms with Crippen molar-refractivity contribution >= 4 is 5.57 Å². The fourth-order valence-corrected chi connectivity index (χ4v) is 1.20. The van der Waals surface area contributed by atoms with Crippen LogP contribution in [0.4, 0.5) is 0 Å². The van der Waals surface area contributed by atoms with E-state index in [1.807, 2.05) is 6.07 Å². The molecule has 0 fully saturated rings. The van der Waals surface area contributed by atoms with Crippen LogP contribution in [0.2, 0.25) is 0 Å². The summed E-state index contributed by atoms with van der Waals surface area (Å²) in [5, 5.41) is 0. The molecule has 0 atom stereocenters. The summed E-state index contributed by atoms with van der Waals surface area (Å²) in [7, 11) is 1.66. The number of nitrogens with two attached hydrogens (primary N) is 1. The predicted molar refractivity (Wildman–Crippen MR) is 52.1 cm³/mol. The molecule has 13 heavy (non-hydrogen) atoms. The van der Waals surface area contributed by atoms with Gasteiger partial charge in [0.2, 0.25) is 0 Å². The van der Waals surface area contributed by atoms with Gasteiger partial charge in [0.1, 0.15) is 5.76 Å². The smallest absolute Gasteiger partial charge is 0.134 e. The second-order valence-electron chi connectivity index (χ2n) is 2.85. The Hall–Kier alpha value is -1.06. The largest absolute Gasteiger partial charge is 0.464 e. The monoisotopic (exact) mass is 181 g/mol. The molecule has 0 aliphatic carbocycles. The number of furan rings is 1. The van der Waals surface area contributed by atoms with E-state index < -0.39 is 0 Å². The number of ether oxygens (including phenoxy) is 1. The first-order chi connectivity index (χ1) is 6.29. The van der Waals surface area contributed by atoms with E-state index in [9.17, 15) is 0 Å². The number of hydrogen-bond acceptors (Lipinski definition) is 3. The molecule has 1 aromatic rings. The molecular formula is C10H15NO2. The average Bonchev–Trinajstić information content (AvgIpc) is 2.54. The third-order valence-corrected chi connectivity index (χ3v) is 1.81. The van der Waals surface area contributed by atoms with Crippen LogP contribution in [0.3, 0.4) is 0 Å². The number of hydrogen-bond donors (Lipinski definition) is 1. The van der Waals surface area contributed by atoms with Crippen LogP contribution in [0.25, 0.3) is 5.57 Å². The zero-order valence-corrected chi connectivity index (χ0v) is 7.88. The van der Waals surface area contributed by atoms with Gasteiger partial charge in [-0.2, -0.15) is 0 Å². The first kappa shape index (κ1) is 10.0. The zero-order valence-electron chi connectivity index (χ0n) is 7.88. The molecule has 0 bridgehead atoms. The molecule has 0 aliphatic heterocycles. The lowest BCUT2D eigenvalue weighted by molar-refractivity contribution is 0.184. The van der Waals surface area contributed by atoms with Crippen LogP contribution in [-0.2, 0) is 11.3 Å². The first-order valence-electron chi connectivity index (χ1n) is 4.23. The summed E-state index contributed by atoms with van der Waals surface area (Å²) < 4.78 is 10.3. The molecule has 0 aromatic carbocycles. The predicted octanol–water partition coefficient (Wildman–Crippen LogP) is 1.79.